The van der Waals surface area contributed by atoms with E-state index in [0.717, 1.165) is 11.8 Å². The van der Waals surface area contributed by atoms with E-state index < -0.39 is 11.7 Å². The molecule has 0 spiro atoms. The molecule has 0 heterocycles. The highest BCUT2D eigenvalue weighted by atomic mass is 127. The Morgan fingerprint density at radius 2 is 1.65 bits per heavy atom. The Bertz CT molecular complexity index is 570. The summed E-state index contributed by atoms with van der Waals surface area (Å²) < 4.78 is 38.5. The van der Waals surface area contributed by atoms with Gasteiger partial charge in [-0.2, -0.15) is 13.2 Å². The fourth-order valence-electron chi connectivity index (χ4n) is 1.70. The molecular formula is C14H12F3IN2. The predicted octanol–water partition coefficient (Wildman–Crippen LogP) is 4.43. The van der Waals surface area contributed by atoms with Gasteiger partial charge in [-0.05, 0) is 46.4 Å². The van der Waals surface area contributed by atoms with E-state index in [-0.39, 0.29) is 3.57 Å². The number of hydrogen-bond acceptors (Lipinski definition) is 2. The number of para-hydroxylation sites is 1. The van der Waals surface area contributed by atoms with Crippen molar-refractivity contribution in [3.8, 4) is 0 Å². The van der Waals surface area contributed by atoms with Gasteiger partial charge in [0.15, 0.2) is 0 Å². The molecule has 0 saturated carbocycles. The van der Waals surface area contributed by atoms with Crippen LogP contribution < -0.4 is 10.9 Å². The predicted molar refractivity (Wildman–Crippen MR) is 81.1 cm³/mol. The maximum Gasteiger partial charge on any atom is 0.417 e. The Labute approximate surface area is 128 Å². The molecule has 2 aromatic carbocycles. The van der Waals surface area contributed by atoms with E-state index in [0.29, 0.717) is 12.1 Å². The first-order chi connectivity index (χ1) is 9.48. The van der Waals surface area contributed by atoms with Crippen LogP contribution in [0.1, 0.15) is 11.1 Å². The van der Waals surface area contributed by atoms with Gasteiger partial charge in [-0.3, -0.25) is 0 Å². The number of benzene rings is 2. The van der Waals surface area contributed by atoms with Gasteiger partial charge >= 0.3 is 6.18 Å². The zero-order valence-electron chi connectivity index (χ0n) is 10.3. The first-order valence-electron chi connectivity index (χ1n) is 5.87. The van der Waals surface area contributed by atoms with Gasteiger partial charge in [0.2, 0.25) is 0 Å². The van der Waals surface area contributed by atoms with Crippen LogP contribution in [0.15, 0.2) is 48.5 Å². The lowest BCUT2D eigenvalue weighted by molar-refractivity contribution is -0.138. The van der Waals surface area contributed by atoms with Gasteiger partial charge < -0.3 is 5.43 Å². The first-order valence-corrected chi connectivity index (χ1v) is 6.95. The molecule has 0 aliphatic rings. The molecule has 2 N–H and O–H groups in total. The summed E-state index contributed by atoms with van der Waals surface area (Å²) in [4.78, 5) is 0. The van der Waals surface area contributed by atoms with Gasteiger partial charge in [-0.25, -0.2) is 5.43 Å². The van der Waals surface area contributed by atoms with Crippen LogP contribution in [-0.4, -0.2) is 0 Å². The van der Waals surface area contributed by atoms with E-state index in [1.54, 1.807) is 28.7 Å². The highest BCUT2D eigenvalue weighted by molar-refractivity contribution is 14.1. The van der Waals surface area contributed by atoms with Crippen molar-refractivity contribution in [1.29, 1.82) is 0 Å². The lowest BCUT2D eigenvalue weighted by Gasteiger charge is -2.14. The van der Waals surface area contributed by atoms with Gasteiger partial charge in [-0.15, -0.1) is 0 Å². The summed E-state index contributed by atoms with van der Waals surface area (Å²) in [6.45, 7) is 0.303. The molecular weight excluding hydrogens is 380 g/mol. The van der Waals surface area contributed by atoms with Crippen LogP contribution in [0.5, 0.6) is 0 Å². The van der Waals surface area contributed by atoms with E-state index in [4.69, 9.17) is 0 Å². The average molecular weight is 392 g/mol. The summed E-state index contributed by atoms with van der Waals surface area (Å²) >= 11 is 1.73. The molecule has 0 saturated heterocycles. The van der Waals surface area contributed by atoms with Crippen molar-refractivity contribution in [2.75, 3.05) is 5.43 Å². The van der Waals surface area contributed by atoms with Crippen molar-refractivity contribution in [3.63, 3.8) is 0 Å². The second-order valence-electron chi connectivity index (χ2n) is 4.12. The van der Waals surface area contributed by atoms with Crippen molar-refractivity contribution in [1.82, 2.24) is 5.43 Å². The molecule has 0 aliphatic heterocycles. The van der Waals surface area contributed by atoms with Crippen LogP contribution >= 0.6 is 22.6 Å². The smallest absolute Gasteiger partial charge is 0.321 e. The normalized spacial score (nSPS) is 11.4. The molecule has 0 atom stereocenters. The van der Waals surface area contributed by atoms with E-state index >= 15 is 0 Å². The van der Waals surface area contributed by atoms with Crippen LogP contribution in [0, 0.1) is 3.57 Å². The minimum atomic E-state index is -4.32. The largest absolute Gasteiger partial charge is 0.417 e. The second kappa shape index (κ2) is 6.45. The molecule has 0 amide bonds. The van der Waals surface area contributed by atoms with Gasteiger partial charge in [0.05, 0.1) is 5.56 Å². The highest BCUT2D eigenvalue weighted by Gasteiger charge is 2.33. The third kappa shape index (κ3) is 3.86. The summed E-state index contributed by atoms with van der Waals surface area (Å²) in [6, 6.07) is 13.6. The number of hydrazine groups is 1. The number of anilines is 1. The number of halogens is 4. The maximum absolute atomic E-state index is 12.8. The fourth-order valence-corrected chi connectivity index (χ4v) is 2.55. The van der Waals surface area contributed by atoms with Crippen LogP contribution in [0.2, 0.25) is 0 Å². The van der Waals surface area contributed by atoms with E-state index in [1.165, 1.54) is 6.07 Å². The third-order valence-electron chi connectivity index (χ3n) is 2.67. The Hall–Kier alpha value is -1.28. The quantitative estimate of drug-likeness (QED) is 0.595. The number of alkyl halides is 3. The van der Waals surface area contributed by atoms with Crippen LogP contribution in [0.3, 0.4) is 0 Å². The lowest BCUT2D eigenvalue weighted by atomic mass is 10.1. The van der Waals surface area contributed by atoms with Crippen molar-refractivity contribution >= 4 is 28.3 Å². The minimum Gasteiger partial charge on any atom is -0.321 e. The van der Waals surface area contributed by atoms with Gasteiger partial charge in [0.1, 0.15) is 0 Å². The standard InChI is InChI=1S/C14H12F3IN2/c15-14(16,17)12-8-4-5-10(13(12)18)9-19-20-11-6-2-1-3-7-11/h1-8,19-20H,9H2. The van der Waals surface area contributed by atoms with Gasteiger partial charge in [-0.1, -0.05) is 30.3 Å². The highest BCUT2D eigenvalue weighted by Crippen LogP contribution is 2.34. The fraction of sp³-hybridized carbons (Fsp3) is 0.143. The van der Waals surface area contributed by atoms with E-state index in [1.807, 2.05) is 30.3 Å². The molecule has 0 aliphatic carbocycles. The minimum absolute atomic E-state index is 0.222. The van der Waals surface area contributed by atoms with Crippen molar-refractivity contribution in [2.24, 2.45) is 0 Å². The van der Waals surface area contributed by atoms with Crippen molar-refractivity contribution in [2.45, 2.75) is 12.7 Å². The zero-order valence-corrected chi connectivity index (χ0v) is 12.5. The summed E-state index contributed by atoms with van der Waals surface area (Å²) in [5, 5.41) is 0. The summed E-state index contributed by atoms with van der Waals surface area (Å²) in [5.41, 5.74) is 6.72. The molecule has 0 radical (unpaired) electrons. The average Bonchev–Trinajstić information content (AvgIpc) is 2.40. The van der Waals surface area contributed by atoms with Crippen molar-refractivity contribution in [3.05, 3.63) is 63.2 Å². The third-order valence-corrected chi connectivity index (χ3v) is 3.94. The Kier molecular flexibility index (Phi) is 4.87. The lowest BCUT2D eigenvalue weighted by Crippen LogP contribution is -2.22. The summed E-state index contributed by atoms with van der Waals surface area (Å²) in [6.07, 6.45) is -4.32. The molecule has 106 valence electrons. The monoisotopic (exact) mass is 392 g/mol. The molecule has 0 aromatic heterocycles. The number of hydrogen-bond donors (Lipinski definition) is 2. The molecule has 2 rings (SSSR count). The van der Waals surface area contributed by atoms with Crippen LogP contribution in [0.4, 0.5) is 18.9 Å². The molecule has 0 bridgehead atoms. The SMILES string of the molecule is FC(F)(F)c1cccc(CNNc2ccccc2)c1I. The molecule has 0 unspecified atom stereocenters. The van der Waals surface area contributed by atoms with Gasteiger partial charge in [0.25, 0.3) is 0 Å². The summed E-state index contributed by atoms with van der Waals surface area (Å²) in [7, 11) is 0. The summed E-state index contributed by atoms with van der Waals surface area (Å²) in [5.74, 6) is 0. The van der Waals surface area contributed by atoms with Crippen LogP contribution in [-0.2, 0) is 12.7 Å². The number of rotatable bonds is 4. The molecule has 2 nitrogen and oxygen atoms in total. The molecule has 20 heavy (non-hydrogen) atoms. The first kappa shape index (κ1) is 15.1. The Morgan fingerprint density at radius 3 is 2.30 bits per heavy atom. The second-order valence-corrected chi connectivity index (χ2v) is 5.20. The topological polar surface area (TPSA) is 24.1 Å². The molecule has 6 heteroatoms. The number of nitrogens with one attached hydrogen (secondary N) is 2. The Morgan fingerprint density at radius 1 is 0.950 bits per heavy atom. The van der Waals surface area contributed by atoms with E-state index in [9.17, 15) is 13.2 Å². The molecule has 2 aromatic rings. The Balaban J connectivity index is 2.04. The van der Waals surface area contributed by atoms with Gasteiger partial charge in [0, 0.05) is 15.8 Å². The van der Waals surface area contributed by atoms with Crippen molar-refractivity contribution < 1.29 is 13.2 Å². The molecule has 0 fully saturated rings. The van der Waals surface area contributed by atoms with E-state index in [2.05, 4.69) is 10.9 Å². The maximum atomic E-state index is 12.8. The van der Waals surface area contributed by atoms with Crippen LogP contribution in [0.25, 0.3) is 0 Å². The zero-order chi connectivity index (χ0) is 14.6.